The highest BCUT2D eigenvalue weighted by Gasteiger charge is 2.41. The number of halogens is 10. The van der Waals surface area contributed by atoms with Crippen LogP contribution in [0.25, 0.3) is 0 Å². The molecule has 0 spiro atoms. The predicted molar refractivity (Wildman–Crippen MR) is 571 cm³/mol. The Kier molecular flexibility index (Phi) is 47.2. The van der Waals surface area contributed by atoms with E-state index in [0.29, 0.717) is 26.4 Å². The Morgan fingerprint density at radius 3 is 0.361 bits per heavy atom. The Morgan fingerprint density at radius 2 is 0.238 bits per heavy atom. The van der Waals surface area contributed by atoms with Gasteiger partial charge in [0.15, 0.2) is 0 Å². The first kappa shape index (κ1) is 101. The van der Waals surface area contributed by atoms with Crippen molar-refractivity contribution in [3.63, 3.8) is 0 Å². The molecule has 0 aliphatic heterocycles. The van der Waals surface area contributed by atoms with E-state index in [1.54, 1.807) is 0 Å². The fourth-order valence-electron chi connectivity index (χ4n) is 12.2. The molecule has 0 radical (unpaired) electrons. The summed E-state index contributed by atoms with van der Waals surface area (Å²) in [5.74, 6) is 7.27. The first-order valence-corrected chi connectivity index (χ1v) is 55.2. The van der Waals surface area contributed by atoms with Crippen LogP contribution in [0.4, 0.5) is 0 Å². The van der Waals surface area contributed by atoms with Crippen molar-refractivity contribution in [2.24, 2.45) is 21.7 Å². The van der Waals surface area contributed by atoms with E-state index in [1.165, 1.54) is 55.6 Å². The van der Waals surface area contributed by atoms with E-state index >= 15 is 0 Å². The molecule has 16 nitrogen and oxygen atoms in total. The normalized spacial score (nSPS) is 11.8. The van der Waals surface area contributed by atoms with Crippen molar-refractivity contribution in [1.82, 2.24) is 0 Å². The Bertz CT molecular complexity index is 3870. The number of ether oxygens (including phenoxy) is 16. The zero-order valence-electron chi connectivity index (χ0n) is 68.0. The van der Waals surface area contributed by atoms with Crippen molar-refractivity contribution in [3.8, 4) is 57.5 Å². The van der Waals surface area contributed by atoms with Gasteiger partial charge in [0.25, 0.3) is 0 Å². The van der Waals surface area contributed by atoms with E-state index in [2.05, 4.69) is 347 Å². The van der Waals surface area contributed by atoms with E-state index in [4.69, 9.17) is 75.8 Å². The zero-order chi connectivity index (χ0) is 85.8. The van der Waals surface area contributed by atoms with Crippen molar-refractivity contribution in [1.29, 1.82) is 0 Å². The third kappa shape index (κ3) is 35.9. The summed E-state index contributed by atoms with van der Waals surface area (Å²) in [7, 11) is 0. The van der Waals surface area contributed by atoms with Gasteiger partial charge in [-0.15, -0.1) is 0 Å². The quantitative estimate of drug-likeness (QED) is 0.0202. The lowest BCUT2D eigenvalue weighted by Crippen LogP contribution is -2.48. The van der Waals surface area contributed by atoms with Crippen molar-refractivity contribution in [2.75, 3.05) is 145 Å². The lowest BCUT2D eigenvalue weighted by molar-refractivity contribution is -0.105. The highest BCUT2D eigenvalue weighted by atomic mass is 127. The average Bonchev–Trinajstić information content (AvgIpc) is 0.832. The van der Waals surface area contributed by atoms with Crippen LogP contribution in [0.2, 0.25) is 0 Å². The Balaban J connectivity index is 0.839. The van der Waals surface area contributed by atoms with Gasteiger partial charge in [0.2, 0.25) is 0 Å². The summed E-state index contributed by atoms with van der Waals surface area (Å²) in [5, 5.41) is 0. The molecule has 0 fully saturated rings. The molecule has 0 aliphatic rings. The average molecular weight is 2780 g/mol. The van der Waals surface area contributed by atoms with Crippen LogP contribution in [-0.2, 0) is 72.7 Å². The molecular weight excluding hydrogens is 2680 g/mol. The molecule has 0 atom stereocenters. The summed E-state index contributed by atoms with van der Waals surface area (Å²) < 4.78 is 117. The van der Waals surface area contributed by atoms with Crippen LogP contribution >= 0.6 is 226 Å². The van der Waals surface area contributed by atoms with Crippen LogP contribution in [0.1, 0.15) is 55.6 Å². The molecule has 0 aromatic heterocycles. The number of benzene rings is 10. The van der Waals surface area contributed by atoms with Gasteiger partial charge in [-0.05, 0) is 177 Å². The SMILES string of the molecule is ICc1ccc(OCC(COCCOCCOCCOCC(COCC(COc2ccc(CI)cc2)(COc2ccc(CI)cc2)COc2ccc(CI)cc2)(COc2ccc(CI)cc2)COc2ccc(CI)cc2)(COCC(COc2ccc(CI)cc2)(COc2ccc(CI)cc2)COc2ccc(CI)cc2)COc2ccc(CI)cc2)cc1. The maximum Gasteiger partial charge on any atom is 0.119 e. The van der Waals surface area contributed by atoms with Crippen molar-refractivity contribution < 1.29 is 75.8 Å². The predicted octanol–water partition coefficient (Wildman–Crippen LogP) is 25.2. The minimum atomic E-state index is -0.878. The third-order valence-electron chi connectivity index (χ3n) is 19.8. The molecule has 0 saturated heterocycles. The molecule has 122 heavy (non-hydrogen) atoms. The molecule has 0 saturated carbocycles. The van der Waals surface area contributed by atoms with Crippen molar-refractivity contribution >= 4 is 226 Å². The molecule has 10 rings (SSSR count). The number of rotatable bonds is 61. The monoisotopic (exact) mass is 2780 g/mol. The minimum Gasteiger partial charge on any atom is -0.493 e. The minimum absolute atomic E-state index is 0.162. The molecule has 26 heteroatoms. The summed E-state index contributed by atoms with van der Waals surface area (Å²) >= 11 is 23.8. The van der Waals surface area contributed by atoms with E-state index in [9.17, 15) is 0 Å². The zero-order valence-corrected chi connectivity index (χ0v) is 89.6. The maximum absolute atomic E-state index is 7.17. The fourth-order valence-corrected chi connectivity index (χ4v) is 17.3. The fraction of sp³-hybridized carbons (Fsp3) is 0.375. The molecular formula is C96H104I10O16. The van der Waals surface area contributed by atoms with Crippen LogP contribution in [-0.4, -0.2) is 145 Å². The van der Waals surface area contributed by atoms with Crippen LogP contribution in [0.15, 0.2) is 243 Å². The Morgan fingerprint density at radius 1 is 0.131 bits per heavy atom. The molecule has 0 aliphatic carbocycles. The summed E-state index contributed by atoms with van der Waals surface area (Å²) in [6.45, 7) is 4.84. The van der Waals surface area contributed by atoms with Gasteiger partial charge in [0.1, 0.15) is 124 Å². The second kappa shape index (κ2) is 56.8. The molecule has 0 N–H and O–H groups in total. The lowest BCUT2D eigenvalue weighted by Gasteiger charge is -2.36. The van der Waals surface area contributed by atoms with Gasteiger partial charge in [-0.25, -0.2) is 0 Å². The highest BCUT2D eigenvalue weighted by Crippen LogP contribution is 2.35. The van der Waals surface area contributed by atoms with E-state index in [1.807, 2.05) is 121 Å². The summed E-state index contributed by atoms with van der Waals surface area (Å²) in [4.78, 5) is 0. The summed E-state index contributed by atoms with van der Waals surface area (Å²) in [5.41, 5.74) is 8.55. The molecule has 0 heterocycles. The third-order valence-corrected chi connectivity index (χ3v) is 28.6. The second-order valence-corrected chi connectivity index (χ2v) is 37.6. The second-order valence-electron chi connectivity index (χ2n) is 30.0. The standard InChI is InChI=1S/C96H104I10O16/c97-47-73-1-21-83(22-2-73)113-63-93(64-114-84-23-3-74(48-98)4-24-84,59-111-61-95(67-117-87-29-9-77(51-101)10-30-87,68-118-88-31-11-78(52-102)12-32-88)69-119-89-33-13-79(53-103)14-34-89)57-109-45-43-107-41-42-108-44-46-110-58-94(65-115-85-25-5-75(49-99)6-26-85,66-116-86-27-7-76(50-100)8-28-86)60-112-62-96(70-120-90-35-15-80(54-104)16-36-90,71-121-91-37-17-81(55-105)18-38-91)72-122-92-39-19-82(56-106)20-40-92/h1-40H,41-72H2. The van der Waals surface area contributed by atoms with E-state index in [-0.39, 0.29) is 119 Å². The molecule has 0 amide bonds. The lowest BCUT2D eigenvalue weighted by atomic mass is 9.90. The molecule has 0 unspecified atom stereocenters. The largest absolute Gasteiger partial charge is 0.493 e. The summed E-state index contributed by atoms with van der Waals surface area (Å²) in [6.07, 6.45) is 0. The Labute approximate surface area is 857 Å². The van der Waals surface area contributed by atoms with Gasteiger partial charge < -0.3 is 75.8 Å². The van der Waals surface area contributed by atoms with E-state index < -0.39 is 21.7 Å². The molecule has 10 aromatic carbocycles. The topological polar surface area (TPSA) is 148 Å². The van der Waals surface area contributed by atoms with Gasteiger partial charge in [-0.2, -0.15) is 0 Å². The van der Waals surface area contributed by atoms with Crippen LogP contribution in [0, 0.1) is 21.7 Å². The number of hydrogen-bond acceptors (Lipinski definition) is 16. The highest BCUT2D eigenvalue weighted by molar-refractivity contribution is 14.1. The van der Waals surface area contributed by atoms with Crippen molar-refractivity contribution in [2.45, 2.75) is 44.3 Å². The Hall–Kier alpha value is -2.74. The van der Waals surface area contributed by atoms with Gasteiger partial charge in [0.05, 0.1) is 101 Å². The molecule has 0 bridgehead atoms. The van der Waals surface area contributed by atoms with E-state index in [0.717, 1.165) is 102 Å². The molecule has 10 aromatic rings. The van der Waals surface area contributed by atoms with Gasteiger partial charge >= 0.3 is 0 Å². The van der Waals surface area contributed by atoms with Crippen molar-refractivity contribution in [3.05, 3.63) is 298 Å². The van der Waals surface area contributed by atoms with Gasteiger partial charge in [0, 0.05) is 44.3 Å². The van der Waals surface area contributed by atoms with Crippen LogP contribution in [0.5, 0.6) is 57.5 Å². The van der Waals surface area contributed by atoms with Gasteiger partial charge in [-0.1, -0.05) is 347 Å². The number of alkyl halides is 10. The first-order chi connectivity index (χ1) is 59.7. The number of hydrogen-bond donors (Lipinski definition) is 0. The van der Waals surface area contributed by atoms with Crippen LogP contribution < -0.4 is 47.4 Å². The smallest absolute Gasteiger partial charge is 0.119 e. The maximum atomic E-state index is 7.17. The molecule has 654 valence electrons. The summed E-state index contributed by atoms with van der Waals surface area (Å²) in [6, 6.07) is 82.2. The first-order valence-electron chi connectivity index (χ1n) is 40.0. The van der Waals surface area contributed by atoms with Gasteiger partial charge in [-0.3, -0.25) is 0 Å². The van der Waals surface area contributed by atoms with Crippen LogP contribution in [0.3, 0.4) is 0 Å².